The molecule has 3 heterocycles. The Hall–Kier alpha value is -2.24. The number of carbonyl (C=O) groups excluding carboxylic acids is 1. The van der Waals surface area contributed by atoms with Gasteiger partial charge in [-0.2, -0.15) is 0 Å². The highest BCUT2D eigenvalue weighted by Crippen LogP contribution is 2.36. The molecule has 2 amide bonds. The second kappa shape index (κ2) is 6.58. The zero-order chi connectivity index (χ0) is 18.2. The number of nitrogens with one attached hydrogen (secondary N) is 1. The number of urea groups is 1. The monoisotopic (exact) mass is 345 g/mol. The van der Waals surface area contributed by atoms with Gasteiger partial charge >= 0.3 is 6.03 Å². The van der Waals surface area contributed by atoms with Crippen molar-refractivity contribution in [2.75, 3.05) is 6.54 Å². The van der Waals surface area contributed by atoms with Crippen molar-refractivity contribution in [3.05, 3.63) is 41.2 Å². The van der Waals surface area contributed by atoms with E-state index < -0.39 is 0 Å². The topological polar surface area (TPSA) is 71.5 Å². The fourth-order valence-corrected chi connectivity index (χ4v) is 3.39. The van der Waals surface area contributed by atoms with E-state index in [0.717, 1.165) is 42.4 Å². The van der Waals surface area contributed by atoms with E-state index in [1.165, 1.54) is 0 Å². The van der Waals surface area contributed by atoms with E-state index in [1.807, 2.05) is 36.9 Å². The van der Waals surface area contributed by atoms with Crippen molar-refractivity contribution in [3.63, 3.8) is 0 Å². The lowest BCUT2D eigenvalue weighted by atomic mass is 9.85. The zero-order valence-corrected chi connectivity index (χ0v) is 15.6. The highest BCUT2D eigenvalue weighted by molar-refractivity contribution is 5.75. The fourth-order valence-electron chi connectivity index (χ4n) is 3.39. The van der Waals surface area contributed by atoms with Crippen LogP contribution < -0.4 is 5.32 Å². The van der Waals surface area contributed by atoms with E-state index in [4.69, 9.17) is 8.94 Å². The SMILES string of the molecule is Cc1cc([C@H]2CCCN2C(=O)N[C@@H](c2ccc(C)o2)C(C)(C)C)no1. The fraction of sp³-hybridized carbons (Fsp3) is 0.579. The van der Waals surface area contributed by atoms with Crippen LogP contribution in [0.1, 0.15) is 68.7 Å². The summed E-state index contributed by atoms with van der Waals surface area (Å²) in [5, 5.41) is 7.27. The van der Waals surface area contributed by atoms with Crippen molar-refractivity contribution < 1.29 is 13.7 Å². The van der Waals surface area contributed by atoms with Gasteiger partial charge in [-0.05, 0) is 44.2 Å². The first-order valence-corrected chi connectivity index (χ1v) is 8.82. The van der Waals surface area contributed by atoms with Crippen LogP contribution in [0.3, 0.4) is 0 Å². The van der Waals surface area contributed by atoms with E-state index in [0.29, 0.717) is 0 Å². The van der Waals surface area contributed by atoms with E-state index in [1.54, 1.807) is 0 Å². The number of rotatable bonds is 3. The third-order valence-corrected chi connectivity index (χ3v) is 4.68. The van der Waals surface area contributed by atoms with Crippen LogP contribution in [-0.4, -0.2) is 22.6 Å². The van der Waals surface area contributed by atoms with Crippen molar-refractivity contribution in [2.24, 2.45) is 5.41 Å². The molecule has 25 heavy (non-hydrogen) atoms. The average molecular weight is 345 g/mol. The van der Waals surface area contributed by atoms with Crippen LogP contribution in [0, 0.1) is 19.3 Å². The summed E-state index contributed by atoms with van der Waals surface area (Å²) in [5.41, 5.74) is 0.658. The summed E-state index contributed by atoms with van der Waals surface area (Å²) < 4.78 is 11.0. The van der Waals surface area contributed by atoms with Gasteiger partial charge in [0, 0.05) is 12.6 Å². The standard InChI is InChI=1S/C19H27N3O3/c1-12-8-9-16(24-12)17(19(3,4)5)20-18(23)22-10-6-7-15(22)14-11-13(2)25-21-14/h8-9,11,15,17H,6-7,10H2,1-5H3,(H,20,23)/t15-,17+/m1/s1. The zero-order valence-electron chi connectivity index (χ0n) is 15.6. The van der Waals surface area contributed by atoms with Crippen LogP contribution in [-0.2, 0) is 0 Å². The summed E-state index contributed by atoms with van der Waals surface area (Å²) >= 11 is 0. The smallest absolute Gasteiger partial charge is 0.318 e. The number of nitrogens with zero attached hydrogens (tertiary/aromatic N) is 2. The lowest BCUT2D eigenvalue weighted by Crippen LogP contribution is -2.44. The maximum atomic E-state index is 13.0. The molecule has 6 nitrogen and oxygen atoms in total. The largest absolute Gasteiger partial charge is 0.464 e. The van der Waals surface area contributed by atoms with Crippen LogP contribution in [0.25, 0.3) is 0 Å². The molecular weight excluding hydrogens is 318 g/mol. The van der Waals surface area contributed by atoms with Crippen molar-refractivity contribution >= 4 is 6.03 Å². The molecule has 0 aliphatic carbocycles. The normalized spacial score (nSPS) is 19.2. The molecule has 0 unspecified atom stereocenters. The summed E-state index contributed by atoms with van der Waals surface area (Å²) in [6.45, 7) is 10.8. The van der Waals surface area contributed by atoms with Gasteiger partial charge in [0.1, 0.15) is 23.0 Å². The second-order valence-electron chi connectivity index (χ2n) is 7.91. The number of hydrogen-bond acceptors (Lipinski definition) is 4. The predicted molar refractivity (Wildman–Crippen MR) is 94.1 cm³/mol. The number of carbonyl (C=O) groups is 1. The number of aromatic nitrogens is 1. The predicted octanol–water partition coefficient (Wildman–Crippen LogP) is 4.52. The van der Waals surface area contributed by atoms with Gasteiger partial charge in [0.15, 0.2) is 0 Å². The summed E-state index contributed by atoms with van der Waals surface area (Å²) in [7, 11) is 0. The maximum absolute atomic E-state index is 13.0. The lowest BCUT2D eigenvalue weighted by Gasteiger charge is -2.33. The molecule has 1 aliphatic rings. The molecule has 3 rings (SSSR count). The van der Waals surface area contributed by atoms with E-state index in [-0.39, 0.29) is 23.5 Å². The Labute approximate surface area is 148 Å². The minimum atomic E-state index is -0.200. The van der Waals surface area contributed by atoms with Crippen LogP contribution >= 0.6 is 0 Å². The molecule has 0 radical (unpaired) electrons. The second-order valence-corrected chi connectivity index (χ2v) is 7.91. The third-order valence-electron chi connectivity index (χ3n) is 4.68. The summed E-state index contributed by atoms with van der Waals surface area (Å²) in [4.78, 5) is 14.8. The minimum Gasteiger partial charge on any atom is -0.464 e. The molecule has 0 saturated carbocycles. The van der Waals surface area contributed by atoms with Crippen molar-refractivity contribution in [3.8, 4) is 0 Å². The Morgan fingerprint density at radius 1 is 1.32 bits per heavy atom. The first kappa shape index (κ1) is 17.6. The maximum Gasteiger partial charge on any atom is 0.318 e. The van der Waals surface area contributed by atoms with Gasteiger partial charge in [-0.1, -0.05) is 25.9 Å². The molecule has 2 atom stereocenters. The van der Waals surface area contributed by atoms with Crippen molar-refractivity contribution in [2.45, 2.75) is 59.5 Å². The third kappa shape index (κ3) is 3.72. The van der Waals surface area contributed by atoms with Crippen LogP contribution in [0.5, 0.6) is 0 Å². The Morgan fingerprint density at radius 3 is 2.64 bits per heavy atom. The molecule has 1 aliphatic heterocycles. The lowest BCUT2D eigenvalue weighted by molar-refractivity contribution is 0.167. The number of likely N-dealkylation sites (tertiary alicyclic amines) is 1. The molecule has 0 spiro atoms. The van der Waals surface area contributed by atoms with Gasteiger partial charge in [-0.25, -0.2) is 4.79 Å². The van der Waals surface area contributed by atoms with Crippen molar-refractivity contribution in [1.29, 1.82) is 0 Å². The van der Waals surface area contributed by atoms with Gasteiger partial charge in [0.05, 0.1) is 12.1 Å². The molecule has 0 aromatic carbocycles. The van der Waals surface area contributed by atoms with E-state index in [2.05, 4.69) is 31.2 Å². The van der Waals surface area contributed by atoms with Crippen LogP contribution in [0.4, 0.5) is 4.79 Å². The summed E-state index contributed by atoms with van der Waals surface area (Å²) in [5.74, 6) is 2.39. The molecule has 136 valence electrons. The van der Waals surface area contributed by atoms with Gasteiger partial charge in [0.2, 0.25) is 0 Å². The van der Waals surface area contributed by atoms with E-state index in [9.17, 15) is 4.79 Å². The first-order chi connectivity index (χ1) is 11.8. The highest BCUT2D eigenvalue weighted by atomic mass is 16.5. The average Bonchev–Trinajstić information content (AvgIpc) is 3.23. The quantitative estimate of drug-likeness (QED) is 0.888. The Morgan fingerprint density at radius 2 is 2.08 bits per heavy atom. The van der Waals surface area contributed by atoms with E-state index >= 15 is 0 Å². The minimum absolute atomic E-state index is 0.0311. The number of hydrogen-bond donors (Lipinski definition) is 1. The van der Waals surface area contributed by atoms with Crippen LogP contribution in [0.15, 0.2) is 27.1 Å². The molecule has 1 fully saturated rings. The Balaban J connectivity index is 1.79. The summed E-state index contributed by atoms with van der Waals surface area (Å²) in [6, 6.07) is 5.46. The Kier molecular flexibility index (Phi) is 4.62. The number of amides is 2. The molecular formula is C19H27N3O3. The molecule has 6 heteroatoms. The van der Waals surface area contributed by atoms with Gasteiger partial charge in [0.25, 0.3) is 0 Å². The number of aryl methyl sites for hydroxylation is 2. The molecule has 1 saturated heterocycles. The van der Waals surface area contributed by atoms with Crippen LogP contribution in [0.2, 0.25) is 0 Å². The van der Waals surface area contributed by atoms with Gasteiger partial charge in [-0.15, -0.1) is 0 Å². The molecule has 1 N–H and O–H groups in total. The number of furan rings is 1. The summed E-state index contributed by atoms with van der Waals surface area (Å²) in [6.07, 6.45) is 1.86. The van der Waals surface area contributed by atoms with Crippen molar-refractivity contribution in [1.82, 2.24) is 15.4 Å². The Bertz CT molecular complexity index is 741. The highest BCUT2D eigenvalue weighted by Gasteiger charge is 2.36. The molecule has 2 aromatic rings. The molecule has 0 bridgehead atoms. The first-order valence-electron chi connectivity index (χ1n) is 8.82. The van der Waals surface area contributed by atoms with Gasteiger partial charge < -0.3 is 19.2 Å². The van der Waals surface area contributed by atoms with Gasteiger partial charge in [-0.3, -0.25) is 0 Å². The molecule has 2 aromatic heterocycles.